The van der Waals surface area contributed by atoms with Gasteiger partial charge in [0.2, 0.25) is 5.13 Å². The van der Waals surface area contributed by atoms with Crippen molar-refractivity contribution in [3.63, 3.8) is 0 Å². The summed E-state index contributed by atoms with van der Waals surface area (Å²) in [7, 11) is 0. The number of nitrogens with zero attached hydrogens (tertiary/aromatic N) is 3. The molecule has 0 atom stereocenters. The third kappa shape index (κ3) is 5.49. The fourth-order valence-electron chi connectivity index (χ4n) is 2.78. The molecule has 0 aliphatic rings. The van der Waals surface area contributed by atoms with Gasteiger partial charge in [-0.25, -0.2) is 4.98 Å². The Morgan fingerprint density at radius 1 is 1.06 bits per heavy atom. The highest BCUT2D eigenvalue weighted by atomic mass is 32.2. The highest BCUT2D eigenvalue weighted by Crippen LogP contribution is 2.31. The fraction of sp³-hybridized carbons (Fsp3) is 0.182. The second kappa shape index (κ2) is 10.0. The quantitative estimate of drug-likeness (QED) is 0.256. The van der Waals surface area contributed by atoms with Crippen molar-refractivity contribution in [2.24, 2.45) is 0 Å². The molecule has 1 amide bonds. The Hall–Kier alpha value is -2.75. The summed E-state index contributed by atoms with van der Waals surface area (Å²) >= 11 is 4.33. The predicted molar refractivity (Wildman–Crippen MR) is 127 cm³/mol. The smallest absolute Gasteiger partial charge is 0.269 e. The number of aromatic nitrogens is 3. The number of thioether (sulfide) groups is 1. The van der Waals surface area contributed by atoms with E-state index >= 15 is 0 Å². The molecule has 0 radical (unpaired) electrons. The van der Waals surface area contributed by atoms with E-state index in [1.807, 2.05) is 56.3 Å². The Bertz CT molecular complexity index is 1160. The van der Waals surface area contributed by atoms with Gasteiger partial charge in [-0.1, -0.05) is 53.4 Å². The van der Waals surface area contributed by atoms with E-state index < -0.39 is 0 Å². The van der Waals surface area contributed by atoms with E-state index in [-0.39, 0.29) is 5.91 Å². The van der Waals surface area contributed by atoms with E-state index in [1.165, 1.54) is 28.2 Å². The first-order valence-corrected chi connectivity index (χ1v) is 12.3. The molecule has 0 saturated heterocycles. The van der Waals surface area contributed by atoms with Gasteiger partial charge in [0.05, 0.1) is 12.3 Å². The average Bonchev–Trinajstić information content (AvgIpc) is 3.40. The molecule has 31 heavy (non-hydrogen) atoms. The standard InChI is InChI=1S/C22H20N4O2S3/c1-3-28-17-11-9-16(10-12-17)20-23-14(2)18(30-20)19(27)24-21-25-26-22(31-21)29-13-15-7-5-4-6-8-15/h4-12H,3,13H2,1-2H3,(H,24,25,27). The van der Waals surface area contributed by atoms with Crippen LogP contribution in [0, 0.1) is 6.92 Å². The van der Waals surface area contributed by atoms with Gasteiger partial charge in [0.25, 0.3) is 5.91 Å². The topological polar surface area (TPSA) is 77.0 Å². The number of benzene rings is 2. The number of rotatable bonds is 8. The van der Waals surface area contributed by atoms with Crippen LogP contribution >= 0.6 is 34.4 Å². The van der Waals surface area contributed by atoms with Crippen LogP contribution in [0.2, 0.25) is 0 Å². The molecule has 4 rings (SSSR count). The zero-order valence-corrected chi connectivity index (χ0v) is 19.4. The zero-order valence-electron chi connectivity index (χ0n) is 17.0. The average molecular weight is 469 g/mol. The minimum Gasteiger partial charge on any atom is -0.494 e. The Balaban J connectivity index is 1.40. The van der Waals surface area contributed by atoms with Crippen molar-refractivity contribution < 1.29 is 9.53 Å². The van der Waals surface area contributed by atoms with Crippen molar-refractivity contribution in [1.29, 1.82) is 0 Å². The van der Waals surface area contributed by atoms with E-state index in [0.29, 0.717) is 22.3 Å². The van der Waals surface area contributed by atoms with Gasteiger partial charge in [-0.15, -0.1) is 21.5 Å². The Kier molecular flexibility index (Phi) is 6.96. The minimum absolute atomic E-state index is 0.219. The highest BCUT2D eigenvalue weighted by molar-refractivity contribution is 8.00. The number of hydrogen-bond acceptors (Lipinski definition) is 8. The highest BCUT2D eigenvalue weighted by Gasteiger charge is 2.18. The summed E-state index contributed by atoms with van der Waals surface area (Å²) in [6, 6.07) is 17.9. The summed E-state index contributed by atoms with van der Waals surface area (Å²) in [4.78, 5) is 17.9. The molecule has 9 heteroatoms. The van der Waals surface area contributed by atoms with Crippen LogP contribution in [-0.4, -0.2) is 27.7 Å². The number of thiazole rings is 1. The van der Waals surface area contributed by atoms with Crippen LogP contribution in [0.4, 0.5) is 5.13 Å². The Morgan fingerprint density at radius 2 is 1.84 bits per heavy atom. The molecule has 0 fully saturated rings. The lowest BCUT2D eigenvalue weighted by molar-refractivity contribution is 0.102. The third-order valence-corrected chi connectivity index (χ3v) is 7.50. The second-order valence-electron chi connectivity index (χ2n) is 6.49. The number of amides is 1. The van der Waals surface area contributed by atoms with Crippen LogP contribution in [0.25, 0.3) is 10.6 Å². The summed E-state index contributed by atoms with van der Waals surface area (Å²) in [6.07, 6.45) is 0. The monoisotopic (exact) mass is 468 g/mol. The number of carbonyl (C=O) groups excluding carboxylic acids is 1. The first kappa shape index (κ1) is 21.5. The summed E-state index contributed by atoms with van der Waals surface area (Å²) in [5, 5.41) is 12.4. The SMILES string of the molecule is CCOc1ccc(-c2nc(C)c(C(=O)Nc3nnc(SCc4ccccc4)s3)s2)cc1. The van der Waals surface area contributed by atoms with Crippen LogP contribution in [0.3, 0.4) is 0 Å². The molecule has 0 spiro atoms. The van der Waals surface area contributed by atoms with Gasteiger partial charge in [0, 0.05) is 11.3 Å². The molecule has 0 aliphatic carbocycles. The van der Waals surface area contributed by atoms with Gasteiger partial charge in [-0.3, -0.25) is 10.1 Å². The molecule has 1 N–H and O–H groups in total. The van der Waals surface area contributed by atoms with Crippen LogP contribution in [0.15, 0.2) is 58.9 Å². The minimum atomic E-state index is -0.219. The Morgan fingerprint density at radius 3 is 2.58 bits per heavy atom. The molecule has 2 aromatic carbocycles. The molecular weight excluding hydrogens is 448 g/mol. The van der Waals surface area contributed by atoms with Crippen molar-refractivity contribution in [3.8, 4) is 16.3 Å². The number of nitrogens with one attached hydrogen (secondary N) is 1. The molecule has 158 valence electrons. The lowest BCUT2D eigenvalue weighted by atomic mass is 10.2. The lowest BCUT2D eigenvalue weighted by Crippen LogP contribution is -2.11. The molecule has 4 aromatic rings. The van der Waals surface area contributed by atoms with E-state index in [9.17, 15) is 4.79 Å². The maximum Gasteiger partial charge on any atom is 0.269 e. The van der Waals surface area contributed by atoms with Crippen LogP contribution in [0.5, 0.6) is 5.75 Å². The number of aryl methyl sites for hydroxylation is 1. The van der Waals surface area contributed by atoms with Gasteiger partial charge in [0.1, 0.15) is 15.6 Å². The largest absolute Gasteiger partial charge is 0.494 e. The summed E-state index contributed by atoms with van der Waals surface area (Å²) < 4.78 is 6.30. The fourth-order valence-corrected chi connectivity index (χ4v) is 5.45. The van der Waals surface area contributed by atoms with Crippen molar-refractivity contribution >= 4 is 45.5 Å². The maximum absolute atomic E-state index is 12.8. The van der Waals surface area contributed by atoms with Gasteiger partial charge in [0.15, 0.2) is 4.34 Å². The van der Waals surface area contributed by atoms with E-state index in [2.05, 4.69) is 32.6 Å². The molecule has 2 heterocycles. The van der Waals surface area contributed by atoms with Crippen molar-refractivity contribution in [1.82, 2.24) is 15.2 Å². The first-order chi connectivity index (χ1) is 15.1. The maximum atomic E-state index is 12.8. The molecule has 0 bridgehead atoms. The summed E-state index contributed by atoms with van der Waals surface area (Å²) in [5.74, 6) is 1.40. The van der Waals surface area contributed by atoms with Crippen LogP contribution in [0.1, 0.15) is 27.9 Å². The number of hydrogen-bond donors (Lipinski definition) is 1. The van der Waals surface area contributed by atoms with E-state index in [4.69, 9.17) is 4.74 Å². The van der Waals surface area contributed by atoms with Gasteiger partial charge >= 0.3 is 0 Å². The van der Waals surface area contributed by atoms with Crippen LogP contribution < -0.4 is 10.1 Å². The molecule has 0 saturated carbocycles. The summed E-state index contributed by atoms with van der Waals surface area (Å²) in [6.45, 7) is 4.41. The zero-order chi connectivity index (χ0) is 21.6. The third-order valence-electron chi connectivity index (χ3n) is 4.25. The normalized spacial score (nSPS) is 10.8. The Labute approximate surface area is 192 Å². The second-order valence-corrected chi connectivity index (χ2v) is 9.69. The number of ether oxygens (including phenoxy) is 1. The van der Waals surface area contributed by atoms with Crippen LogP contribution in [-0.2, 0) is 5.75 Å². The van der Waals surface area contributed by atoms with Crippen molar-refractivity contribution in [3.05, 3.63) is 70.7 Å². The van der Waals surface area contributed by atoms with Gasteiger partial charge < -0.3 is 4.74 Å². The van der Waals surface area contributed by atoms with Crippen molar-refractivity contribution in [2.45, 2.75) is 23.9 Å². The van der Waals surface area contributed by atoms with E-state index in [1.54, 1.807) is 11.8 Å². The summed E-state index contributed by atoms with van der Waals surface area (Å²) in [5.41, 5.74) is 2.86. The molecular formula is C22H20N4O2S3. The molecule has 6 nitrogen and oxygen atoms in total. The predicted octanol–water partition coefficient (Wildman–Crippen LogP) is 5.91. The lowest BCUT2D eigenvalue weighted by Gasteiger charge is -2.02. The van der Waals surface area contributed by atoms with Gasteiger partial charge in [-0.2, -0.15) is 0 Å². The first-order valence-electron chi connectivity index (χ1n) is 9.64. The molecule has 0 unspecified atom stereocenters. The van der Waals surface area contributed by atoms with Crippen molar-refractivity contribution in [2.75, 3.05) is 11.9 Å². The number of anilines is 1. The number of carbonyl (C=O) groups is 1. The molecule has 2 aromatic heterocycles. The molecule has 0 aliphatic heterocycles. The van der Waals surface area contributed by atoms with E-state index in [0.717, 1.165) is 26.4 Å². The van der Waals surface area contributed by atoms with Gasteiger partial charge in [-0.05, 0) is 43.7 Å².